The number of rotatable bonds is 6. The predicted octanol–water partition coefficient (Wildman–Crippen LogP) is 4.51. The van der Waals surface area contributed by atoms with E-state index in [1.165, 1.54) is 32.1 Å². The van der Waals surface area contributed by atoms with E-state index in [0.29, 0.717) is 49.0 Å². The SMILES string of the molecule is O=C(Nc1cccnc1)N1CCC(S(=O)(=O)c2ccc(OCC3CCCCC3)cc2)CC1. The Hall–Kier alpha value is -2.61. The Balaban J connectivity index is 1.29. The fourth-order valence-electron chi connectivity index (χ4n) is 4.49. The van der Waals surface area contributed by atoms with Crippen molar-refractivity contribution in [2.75, 3.05) is 25.0 Å². The summed E-state index contributed by atoms with van der Waals surface area (Å²) < 4.78 is 32.1. The lowest BCUT2D eigenvalue weighted by Crippen LogP contribution is -2.44. The van der Waals surface area contributed by atoms with Crippen molar-refractivity contribution in [3.05, 3.63) is 48.8 Å². The number of carbonyl (C=O) groups excluding carboxylic acids is 1. The Morgan fingerprint density at radius 3 is 2.41 bits per heavy atom. The molecule has 0 atom stereocenters. The molecule has 7 nitrogen and oxygen atoms in total. The van der Waals surface area contributed by atoms with Crippen LogP contribution in [0.1, 0.15) is 44.9 Å². The number of hydrogen-bond donors (Lipinski definition) is 1. The van der Waals surface area contributed by atoms with Crippen LogP contribution in [0.5, 0.6) is 5.75 Å². The first-order chi connectivity index (χ1) is 15.5. The number of pyridine rings is 1. The van der Waals surface area contributed by atoms with E-state index in [2.05, 4.69) is 10.3 Å². The lowest BCUT2D eigenvalue weighted by molar-refractivity contribution is 0.200. The Morgan fingerprint density at radius 1 is 1.03 bits per heavy atom. The fourth-order valence-corrected chi connectivity index (χ4v) is 6.23. The minimum Gasteiger partial charge on any atom is -0.493 e. The van der Waals surface area contributed by atoms with Crippen molar-refractivity contribution in [1.29, 1.82) is 0 Å². The molecule has 0 unspecified atom stereocenters. The highest BCUT2D eigenvalue weighted by Gasteiger charge is 2.32. The number of piperidine rings is 1. The van der Waals surface area contributed by atoms with Gasteiger partial charge in [-0.2, -0.15) is 0 Å². The Labute approximate surface area is 190 Å². The third kappa shape index (κ3) is 5.59. The topological polar surface area (TPSA) is 88.6 Å². The van der Waals surface area contributed by atoms with E-state index in [4.69, 9.17) is 4.74 Å². The van der Waals surface area contributed by atoms with Crippen LogP contribution in [0.2, 0.25) is 0 Å². The lowest BCUT2D eigenvalue weighted by Gasteiger charge is -2.31. The van der Waals surface area contributed by atoms with Crippen LogP contribution < -0.4 is 10.1 Å². The van der Waals surface area contributed by atoms with Gasteiger partial charge in [0.2, 0.25) is 0 Å². The number of nitrogens with one attached hydrogen (secondary N) is 1. The van der Waals surface area contributed by atoms with Gasteiger partial charge in [0.25, 0.3) is 0 Å². The van der Waals surface area contributed by atoms with Gasteiger partial charge in [0, 0.05) is 19.3 Å². The molecule has 2 amide bonds. The van der Waals surface area contributed by atoms with Crippen molar-refractivity contribution in [2.24, 2.45) is 5.92 Å². The molecule has 4 rings (SSSR count). The van der Waals surface area contributed by atoms with Gasteiger partial charge in [-0.05, 0) is 68.0 Å². The first kappa shape index (κ1) is 22.6. The predicted molar refractivity (Wildman–Crippen MR) is 124 cm³/mol. The zero-order chi connectivity index (χ0) is 22.4. The molecule has 1 aliphatic carbocycles. The maximum atomic E-state index is 13.1. The molecule has 1 aromatic heterocycles. The van der Waals surface area contributed by atoms with E-state index in [1.807, 2.05) is 0 Å². The maximum Gasteiger partial charge on any atom is 0.321 e. The first-order valence-corrected chi connectivity index (χ1v) is 13.0. The van der Waals surface area contributed by atoms with Gasteiger partial charge in [-0.1, -0.05) is 19.3 Å². The number of urea groups is 1. The monoisotopic (exact) mass is 457 g/mol. The van der Waals surface area contributed by atoms with Crippen molar-refractivity contribution < 1.29 is 17.9 Å². The molecule has 8 heteroatoms. The fraction of sp³-hybridized carbons (Fsp3) is 0.500. The average molecular weight is 458 g/mol. The second-order valence-corrected chi connectivity index (χ2v) is 10.9. The highest BCUT2D eigenvalue weighted by Crippen LogP contribution is 2.28. The molecule has 1 saturated heterocycles. The van der Waals surface area contributed by atoms with Gasteiger partial charge in [-0.25, -0.2) is 13.2 Å². The molecule has 2 heterocycles. The van der Waals surface area contributed by atoms with Gasteiger partial charge in [0.1, 0.15) is 5.75 Å². The molecule has 0 bridgehead atoms. The summed E-state index contributed by atoms with van der Waals surface area (Å²) >= 11 is 0. The molecular formula is C24H31N3O4S. The van der Waals surface area contributed by atoms with Crippen molar-refractivity contribution in [1.82, 2.24) is 9.88 Å². The van der Waals surface area contributed by atoms with Crippen molar-refractivity contribution in [3.8, 4) is 5.75 Å². The van der Waals surface area contributed by atoms with Gasteiger partial charge in [0.15, 0.2) is 9.84 Å². The van der Waals surface area contributed by atoms with Crippen LogP contribution in [-0.2, 0) is 9.84 Å². The number of anilines is 1. The van der Waals surface area contributed by atoms with Crippen LogP contribution in [-0.4, -0.2) is 49.3 Å². The quantitative estimate of drug-likeness (QED) is 0.689. The zero-order valence-corrected chi connectivity index (χ0v) is 19.1. The van der Waals surface area contributed by atoms with Crippen LogP contribution in [0.25, 0.3) is 0 Å². The minimum absolute atomic E-state index is 0.228. The van der Waals surface area contributed by atoms with E-state index in [9.17, 15) is 13.2 Å². The lowest BCUT2D eigenvalue weighted by atomic mass is 9.90. The Bertz CT molecular complexity index is 982. The number of likely N-dealkylation sites (tertiary alicyclic amines) is 1. The average Bonchev–Trinajstić information content (AvgIpc) is 2.84. The number of carbonyl (C=O) groups is 1. The van der Waals surface area contributed by atoms with Crippen LogP contribution in [0.3, 0.4) is 0 Å². The number of ether oxygens (including phenoxy) is 1. The van der Waals surface area contributed by atoms with E-state index in [0.717, 1.165) is 5.75 Å². The third-order valence-corrected chi connectivity index (χ3v) is 8.72. The van der Waals surface area contributed by atoms with Crippen molar-refractivity contribution >= 4 is 21.6 Å². The molecular weight excluding hydrogens is 426 g/mol. The van der Waals surface area contributed by atoms with Crippen LogP contribution in [0.15, 0.2) is 53.7 Å². The number of sulfone groups is 1. The first-order valence-electron chi connectivity index (χ1n) is 11.4. The molecule has 2 aromatic rings. The molecule has 32 heavy (non-hydrogen) atoms. The van der Waals surface area contributed by atoms with E-state index in [1.54, 1.807) is 53.7 Å². The maximum absolute atomic E-state index is 13.1. The molecule has 1 aromatic carbocycles. The zero-order valence-electron chi connectivity index (χ0n) is 18.3. The second kappa shape index (κ2) is 10.3. The van der Waals surface area contributed by atoms with Crippen molar-refractivity contribution in [2.45, 2.75) is 55.1 Å². The number of amides is 2. The largest absolute Gasteiger partial charge is 0.493 e. The minimum atomic E-state index is -3.45. The standard InChI is InChI=1S/C24H31N3O4S/c28-24(26-20-7-4-14-25-17-20)27-15-12-23(13-16-27)32(29,30)22-10-8-21(9-11-22)31-18-19-5-2-1-3-6-19/h4,7-11,14,17,19,23H,1-3,5-6,12-13,15-16,18H2,(H,26,28). The highest BCUT2D eigenvalue weighted by molar-refractivity contribution is 7.92. The van der Waals surface area contributed by atoms with Gasteiger partial charge in [-0.15, -0.1) is 0 Å². The molecule has 0 spiro atoms. The molecule has 1 N–H and O–H groups in total. The van der Waals surface area contributed by atoms with Gasteiger partial charge < -0.3 is 15.0 Å². The molecule has 2 aliphatic rings. The Morgan fingerprint density at radius 2 is 1.75 bits per heavy atom. The second-order valence-electron chi connectivity index (χ2n) is 8.69. The third-order valence-electron chi connectivity index (χ3n) is 6.44. The summed E-state index contributed by atoms with van der Waals surface area (Å²) in [6.45, 7) is 1.50. The smallest absolute Gasteiger partial charge is 0.321 e. The summed E-state index contributed by atoms with van der Waals surface area (Å²) in [5, 5.41) is 2.31. The normalized spacial score (nSPS) is 18.3. The highest BCUT2D eigenvalue weighted by atomic mass is 32.2. The summed E-state index contributed by atoms with van der Waals surface area (Å²) in [6, 6.07) is 10.1. The molecule has 2 fully saturated rings. The molecule has 1 aliphatic heterocycles. The summed E-state index contributed by atoms with van der Waals surface area (Å²) in [7, 11) is -3.45. The summed E-state index contributed by atoms with van der Waals surface area (Å²) in [6.07, 6.45) is 10.4. The number of hydrogen-bond acceptors (Lipinski definition) is 5. The molecule has 0 radical (unpaired) electrons. The molecule has 1 saturated carbocycles. The van der Waals surface area contributed by atoms with Gasteiger partial charge in [-0.3, -0.25) is 4.98 Å². The van der Waals surface area contributed by atoms with E-state index >= 15 is 0 Å². The molecule has 172 valence electrons. The van der Waals surface area contributed by atoms with Crippen LogP contribution in [0, 0.1) is 5.92 Å². The Kier molecular flexibility index (Phi) is 7.29. The van der Waals surface area contributed by atoms with Crippen LogP contribution in [0.4, 0.5) is 10.5 Å². The van der Waals surface area contributed by atoms with Gasteiger partial charge in [0.05, 0.1) is 28.6 Å². The summed E-state index contributed by atoms with van der Waals surface area (Å²) in [5.41, 5.74) is 0.623. The number of benzene rings is 1. The summed E-state index contributed by atoms with van der Waals surface area (Å²) in [5.74, 6) is 1.32. The number of nitrogens with zero attached hydrogens (tertiary/aromatic N) is 2. The van der Waals surface area contributed by atoms with E-state index in [-0.39, 0.29) is 6.03 Å². The number of aromatic nitrogens is 1. The van der Waals surface area contributed by atoms with Crippen LogP contribution >= 0.6 is 0 Å². The van der Waals surface area contributed by atoms with E-state index < -0.39 is 15.1 Å². The summed E-state index contributed by atoms with van der Waals surface area (Å²) in [4.78, 5) is 18.4. The van der Waals surface area contributed by atoms with Crippen molar-refractivity contribution in [3.63, 3.8) is 0 Å². The van der Waals surface area contributed by atoms with Gasteiger partial charge >= 0.3 is 6.03 Å².